The SMILES string of the molecule is COc1ccc(-c2c(O)ccc3c2CCCC3)c(N)c1Cc1ccc(OCCNCCF)cc1. The first kappa shape index (κ1) is 23.9. The fourth-order valence-corrected chi connectivity index (χ4v) is 4.69. The van der Waals surface area contributed by atoms with Crippen molar-refractivity contribution in [3.63, 3.8) is 0 Å². The number of aromatic hydroxyl groups is 1. The average Bonchev–Trinajstić information content (AvgIpc) is 2.86. The third-order valence-corrected chi connectivity index (χ3v) is 6.44. The van der Waals surface area contributed by atoms with Crippen LogP contribution in [0.1, 0.15) is 35.1 Å². The van der Waals surface area contributed by atoms with Crippen LogP contribution in [0, 0.1) is 0 Å². The molecule has 180 valence electrons. The maximum atomic E-state index is 12.1. The average molecular weight is 465 g/mol. The first-order valence-electron chi connectivity index (χ1n) is 11.9. The molecule has 0 fully saturated rings. The summed E-state index contributed by atoms with van der Waals surface area (Å²) in [6.07, 6.45) is 4.87. The summed E-state index contributed by atoms with van der Waals surface area (Å²) in [7, 11) is 1.65. The monoisotopic (exact) mass is 464 g/mol. The standard InChI is InChI=1S/C28H33FN2O3/c1-33-26-13-11-23(27-22-5-3-2-4-20(22)8-12-25(27)32)28(30)24(26)18-19-6-9-21(10-7-19)34-17-16-31-15-14-29/h6-13,31-32H,2-5,14-18,30H2,1H3. The van der Waals surface area contributed by atoms with Gasteiger partial charge in [-0.3, -0.25) is 0 Å². The van der Waals surface area contributed by atoms with Gasteiger partial charge in [0.25, 0.3) is 0 Å². The minimum absolute atomic E-state index is 0.269. The van der Waals surface area contributed by atoms with E-state index in [4.69, 9.17) is 15.2 Å². The third-order valence-electron chi connectivity index (χ3n) is 6.44. The second-order valence-corrected chi connectivity index (χ2v) is 8.62. The molecule has 0 saturated carbocycles. The van der Waals surface area contributed by atoms with E-state index < -0.39 is 0 Å². The van der Waals surface area contributed by atoms with Gasteiger partial charge in [-0.1, -0.05) is 18.2 Å². The first-order chi connectivity index (χ1) is 16.6. The molecule has 6 heteroatoms. The number of nitrogen functional groups attached to an aromatic ring is 1. The van der Waals surface area contributed by atoms with Crippen molar-refractivity contribution in [2.45, 2.75) is 32.1 Å². The Balaban J connectivity index is 1.59. The molecule has 0 heterocycles. The molecule has 3 aromatic rings. The number of phenols is 1. The van der Waals surface area contributed by atoms with Crippen LogP contribution in [0.3, 0.4) is 0 Å². The summed E-state index contributed by atoms with van der Waals surface area (Å²) in [5, 5.41) is 13.7. The van der Waals surface area contributed by atoms with Gasteiger partial charge < -0.3 is 25.6 Å². The highest BCUT2D eigenvalue weighted by atomic mass is 19.1. The third kappa shape index (κ3) is 5.28. The van der Waals surface area contributed by atoms with Crippen LogP contribution in [0.4, 0.5) is 10.1 Å². The smallest absolute Gasteiger partial charge is 0.124 e. The summed E-state index contributed by atoms with van der Waals surface area (Å²) in [5.41, 5.74) is 13.5. The molecule has 4 rings (SSSR count). The number of methoxy groups -OCH3 is 1. The number of ether oxygens (including phenoxy) is 2. The van der Waals surface area contributed by atoms with E-state index in [0.29, 0.717) is 31.8 Å². The van der Waals surface area contributed by atoms with Gasteiger partial charge in [-0.2, -0.15) is 0 Å². The van der Waals surface area contributed by atoms with Crippen LogP contribution in [0.2, 0.25) is 0 Å². The molecule has 0 amide bonds. The topological polar surface area (TPSA) is 76.7 Å². The zero-order valence-electron chi connectivity index (χ0n) is 19.7. The Labute approximate surface area is 200 Å². The normalized spacial score (nSPS) is 12.9. The van der Waals surface area contributed by atoms with Crippen molar-refractivity contribution in [1.29, 1.82) is 0 Å². The highest BCUT2D eigenvalue weighted by molar-refractivity contribution is 5.86. The van der Waals surface area contributed by atoms with Gasteiger partial charge >= 0.3 is 0 Å². The second kappa shape index (κ2) is 11.3. The lowest BCUT2D eigenvalue weighted by molar-refractivity contribution is 0.310. The molecule has 0 unspecified atom stereocenters. The lowest BCUT2D eigenvalue weighted by atomic mass is 9.84. The molecule has 0 saturated heterocycles. The summed E-state index contributed by atoms with van der Waals surface area (Å²) in [6.45, 7) is 1.04. The predicted octanol–water partition coefficient (Wildman–Crippen LogP) is 5.06. The summed E-state index contributed by atoms with van der Waals surface area (Å²) in [6, 6.07) is 15.6. The lowest BCUT2D eigenvalue weighted by Gasteiger charge is -2.23. The van der Waals surface area contributed by atoms with Crippen LogP contribution < -0.4 is 20.5 Å². The van der Waals surface area contributed by atoms with Crippen LogP contribution in [0.5, 0.6) is 17.2 Å². The van der Waals surface area contributed by atoms with E-state index in [9.17, 15) is 9.50 Å². The molecular weight excluding hydrogens is 431 g/mol. The van der Waals surface area contributed by atoms with E-state index in [1.165, 1.54) is 17.5 Å². The van der Waals surface area contributed by atoms with E-state index in [1.54, 1.807) is 13.2 Å². The first-order valence-corrected chi connectivity index (χ1v) is 11.9. The Morgan fingerprint density at radius 3 is 2.56 bits per heavy atom. The van der Waals surface area contributed by atoms with Gasteiger partial charge in [-0.15, -0.1) is 0 Å². The van der Waals surface area contributed by atoms with Crippen LogP contribution in [0.15, 0.2) is 48.5 Å². The van der Waals surface area contributed by atoms with Crippen molar-refractivity contribution in [3.05, 3.63) is 70.8 Å². The van der Waals surface area contributed by atoms with Crippen molar-refractivity contribution in [2.24, 2.45) is 0 Å². The molecule has 0 atom stereocenters. The molecule has 34 heavy (non-hydrogen) atoms. The van der Waals surface area contributed by atoms with E-state index in [1.807, 2.05) is 42.5 Å². The quantitative estimate of drug-likeness (QED) is 0.289. The second-order valence-electron chi connectivity index (χ2n) is 8.62. The highest BCUT2D eigenvalue weighted by Gasteiger charge is 2.22. The van der Waals surface area contributed by atoms with Gasteiger partial charge in [0.15, 0.2) is 0 Å². The minimum Gasteiger partial charge on any atom is -0.507 e. The van der Waals surface area contributed by atoms with E-state index in [-0.39, 0.29) is 12.4 Å². The molecule has 1 aliphatic carbocycles. The molecule has 1 aliphatic rings. The van der Waals surface area contributed by atoms with Crippen molar-refractivity contribution in [1.82, 2.24) is 5.32 Å². The summed E-state index contributed by atoms with van der Waals surface area (Å²) < 4.78 is 23.5. The fraction of sp³-hybridized carbons (Fsp3) is 0.357. The number of phenolic OH excluding ortho intramolecular Hbond substituents is 1. The molecule has 3 aromatic carbocycles. The number of halogens is 1. The van der Waals surface area contributed by atoms with Crippen LogP contribution in [0.25, 0.3) is 11.1 Å². The number of rotatable bonds is 10. The maximum absolute atomic E-state index is 12.1. The minimum atomic E-state index is -0.380. The number of nitrogens with one attached hydrogen (secondary N) is 1. The van der Waals surface area contributed by atoms with E-state index in [2.05, 4.69) is 5.32 Å². The molecule has 0 radical (unpaired) electrons. The van der Waals surface area contributed by atoms with Crippen molar-refractivity contribution in [3.8, 4) is 28.4 Å². The molecule has 4 N–H and O–H groups in total. The van der Waals surface area contributed by atoms with Crippen LogP contribution in [-0.4, -0.2) is 38.6 Å². The number of aryl methyl sites for hydroxylation is 1. The number of hydrogen-bond acceptors (Lipinski definition) is 5. The highest BCUT2D eigenvalue weighted by Crippen LogP contribution is 2.43. The zero-order chi connectivity index (χ0) is 23.9. The molecule has 0 bridgehead atoms. The molecule has 0 spiro atoms. The largest absolute Gasteiger partial charge is 0.507 e. The lowest BCUT2D eigenvalue weighted by Crippen LogP contribution is -2.23. The van der Waals surface area contributed by atoms with E-state index in [0.717, 1.165) is 53.0 Å². The van der Waals surface area contributed by atoms with Gasteiger partial charge in [0, 0.05) is 41.9 Å². The van der Waals surface area contributed by atoms with Gasteiger partial charge in [0.05, 0.1) is 7.11 Å². The maximum Gasteiger partial charge on any atom is 0.124 e. The molecular formula is C28H33FN2O3. The van der Waals surface area contributed by atoms with Gasteiger partial charge in [0.1, 0.15) is 30.5 Å². The number of hydrogen-bond donors (Lipinski definition) is 3. The molecule has 0 aliphatic heterocycles. The fourth-order valence-electron chi connectivity index (χ4n) is 4.69. The zero-order valence-corrected chi connectivity index (χ0v) is 19.7. The van der Waals surface area contributed by atoms with Crippen LogP contribution in [-0.2, 0) is 19.3 Å². The molecule has 0 aromatic heterocycles. The Hall–Kier alpha value is -3.25. The predicted molar refractivity (Wildman–Crippen MR) is 135 cm³/mol. The van der Waals surface area contributed by atoms with Gasteiger partial charge in [0.2, 0.25) is 0 Å². The number of alkyl halides is 1. The van der Waals surface area contributed by atoms with Gasteiger partial charge in [-0.25, -0.2) is 4.39 Å². The Kier molecular flexibility index (Phi) is 7.91. The van der Waals surface area contributed by atoms with Crippen molar-refractivity contribution < 1.29 is 19.0 Å². The van der Waals surface area contributed by atoms with Gasteiger partial charge in [-0.05, 0) is 72.7 Å². The van der Waals surface area contributed by atoms with Crippen molar-refractivity contribution in [2.75, 3.05) is 39.2 Å². The Bertz CT molecular complexity index is 1120. The summed E-state index contributed by atoms with van der Waals surface area (Å²) in [4.78, 5) is 0. The van der Waals surface area contributed by atoms with Crippen molar-refractivity contribution >= 4 is 5.69 Å². The number of nitrogens with two attached hydrogens (primary N) is 1. The summed E-state index contributed by atoms with van der Waals surface area (Å²) >= 11 is 0. The number of benzene rings is 3. The Morgan fingerprint density at radius 1 is 1.00 bits per heavy atom. The number of fused-ring (bicyclic) bond motifs is 1. The van der Waals surface area contributed by atoms with E-state index >= 15 is 0 Å². The molecule has 5 nitrogen and oxygen atoms in total. The number of anilines is 1. The van der Waals surface area contributed by atoms with Crippen LogP contribution >= 0.6 is 0 Å². The summed E-state index contributed by atoms with van der Waals surface area (Å²) in [5.74, 6) is 1.76. The Morgan fingerprint density at radius 2 is 1.79 bits per heavy atom.